The zero-order chi connectivity index (χ0) is 19.7. The van der Waals surface area contributed by atoms with Crippen molar-refractivity contribution in [1.29, 1.82) is 0 Å². The Kier molecular flexibility index (Phi) is 5.01. The third-order valence-electron chi connectivity index (χ3n) is 4.51. The number of amides is 1. The Morgan fingerprint density at radius 2 is 2.11 bits per heavy atom. The number of aromatic nitrogens is 5. The van der Waals surface area contributed by atoms with Crippen molar-refractivity contribution >= 4 is 28.6 Å². The highest BCUT2D eigenvalue weighted by molar-refractivity contribution is 7.15. The van der Waals surface area contributed by atoms with Crippen molar-refractivity contribution in [3.05, 3.63) is 63.7 Å². The summed E-state index contributed by atoms with van der Waals surface area (Å²) in [5, 5.41) is 14.2. The Hall–Kier alpha value is -2.91. The van der Waals surface area contributed by atoms with Gasteiger partial charge in [0.05, 0.1) is 11.7 Å². The van der Waals surface area contributed by atoms with Crippen molar-refractivity contribution in [2.24, 2.45) is 0 Å². The van der Waals surface area contributed by atoms with Crippen LogP contribution in [0.5, 0.6) is 0 Å². The normalized spacial score (nSPS) is 12.1. The number of aryl methyl sites for hydroxylation is 1. The maximum Gasteiger partial charge on any atom is 0.254 e. The summed E-state index contributed by atoms with van der Waals surface area (Å²) >= 11 is 3.23. The molecule has 1 unspecified atom stereocenters. The van der Waals surface area contributed by atoms with Crippen molar-refractivity contribution in [2.45, 2.75) is 19.9 Å². The molecule has 4 rings (SSSR count). The summed E-state index contributed by atoms with van der Waals surface area (Å²) in [5.41, 5.74) is 2.29. The number of thiophene rings is 1. The van der Waals surface area contributed by atoms with E-state index in [0.717, 1.165) is 21.1 Å². The predicted octanol–water partition coefficient (Wildman–Crippen LogP) is 3.99. The van der Waals surface area contributed by atoms with Gasteiger partial charge in [0.25, 0.3) is 5.91 Å². The minimum absolute atomic E-state index is 0.0767. The van der Waals surface area contributed by atoms with Crippen LogP contribution in [0.2, 0.25) is 0 Å². The van der Waals surface area contributed by atoms with Crippen LogP contribution < -0.4 is 0 Å². The van der Waals surface area contributed by atoms with Gasteiger partial charge in [0, 0.05) is 33.9 Å². The molecule has 0 aliphatic carbocycles. The van der Waals surface area contributed by atoms with Gasteiger partial charge in [-0.3, -0.25) is 4.79 Å². The van der Waals surface area contributed by atoms with Gasteiger partial charge in [-0.1, -0.05) is 0 Å². The number of hydrogen-bond donors (Lipinski definition) is 0. The first-order chi connectivity index (χ1) is 13.5. The molecular formula is C19H18N6OS2. The second-order valence-electron chi connectivity index (χ2n) is 6.40. The van der Waals surface area contributed by atoms with Crippen molar-refractivity contribution in [1.82, 2.24) is 30.1 Å². The number of thiazole rings is 1. The van der Waals surface area contributed by atoms with Crippen LogP contribution in [0.1, 0.15) is 33.2 Å². The first-order valence-electron chi connectivity index (χ1n) is 8.65. The highest BCUT2D eigenvalue weighted by Crippen LogP contribution is 2.31. The van der Waals surface area contributed by atoms with E-state index in [1.54, 1.807) is 45.5 Å². The molecule has 0 N–H and O–H groups in total. The molecule has 4 aromatic rings. The van der Waals surface area contributed by atoms with E-state index in [1.165, 1.54) is 11.2 Å². The number of hydrogen-bond acceptors (Lipinski definition) is 7. The lowest BCUT2D eigenvalue weighted by Gasteiger charge is -2.23. The Balaban J connectivity index is 1.75. The molecule has 1 atom stereocenters. The zero-order valence-corrected chi connectivity index (χ0v) is 17.2. The number of benzene rings is 1. The van der Waals surface area contributed by atoms with Crippen LogP contribution in [-0.2, 0) is 0 Å². The summed E-state index contributed by atoms with van der Waals surface area (Å²) in [7, 11) is 1.80. The van der Waals surface area contributed by atoms with E-state index >= 15 is 0 Å². The minimum atomic E-state index is -0.114. The second kappa shape index (κ2) is 7.61. The molecule has 0 spiro atoms. The smallest absolute Gasteiger partial charge is 0.254 e. The molecule has 1 aromatic carbocycles. The highest BCUT2D eigenvalue weighted by atomic mass is 32.1. The monoisotopic (exact) mass is 410 g/mol. The van der Waals surface area contributed by atoms with Crippen LogP contribution in [-0.4, -0.2) is 43.0 Å². The molecule has 28 heavy (non-hydrogen) atoms. The molecule has 0 aliphatic heterocycles. The number of tetrazole rings is 1. The lowest BCUT2D eigenvalue weighted by atomic mass is 10.1. The molecular weight excluding hydrogens is 392 g/mol. The second-order valence-corrected chi connectivity index (χ2v) is 8.61. The van der Waals surface area contributed by atoms with Crippen LogP contribution in [0.4, 0.5) is 0 Å². The molecule has 7 nitrogen and oxygen atoms in total. The van der Waals surface area contributed by atoms with Crippen molar-refractivity contribution < 1.29 is 4.79 Å². The number of rotatable bonds is 5. The van der Waals surface area contributed by atoms with Crippen molar-refractivity contribution in [3.8, 4) is 16.1 Å². The van der Waals surface area contributed by atoms with Crippen LogP contribution >= 0.6 is 22.7 Å². The first-order valence-corrected chi connectivity index (χ1v) is 10.3. The summed E-state index contributed by atoms with van der Waals surface area (Å²) in [6, 6.07) is 9.75. The molecule has 0 saturated carbocycles. The standard InChI is InChI=1S/C19H18N6OS2/c1-12-4-5-17(28-12)14-8-15(10-16(9-14)25-11-21-22-23-25)19(26)24(3)13(2)18-20-6-7-27-18/h4-11,13H,1-3H3. The lowest BCUT2D eigenvalue weighted by Crippen LogP contribution is -2.29. The topological polar surface area (TPSA) is 76.8 Å². The quantitative estimate of drug-likeness (QED) is 0.497. The molecule has 1 amide bonds. The third-order valence-corrected chi connectivity index (χ3v) is 6.51. The molecule has 0 aliphatic rings. The van der Waals surface area contributed by atoms with Crippen LogP contribution in [0.3, 0.4) is 0 Å². The van der Waals surface area contributed by atoms with Gasteiger partial charge in [-0.2, -0.15) is 0 Å². The first kappa shape index (κ1) is 18.5. The Morgan fingerprint density at radius 1 is 1.25 bits per heavy atom. The lowest BCUT2D eigenvalue weighted by molar-refractivity contribution is 0.0742. The minimum Gasteiger partial charge on any atom is -0.333 e. The average Bonchev–Trinajstić information content (AvgIpc) is 3.48. The van der Waals surface area contributed by atoms with Gasteiger partial charge < -0.3 is 4.90 Å². The Bertz CT molecular complexity index is 1090. The number of carbonyl (C=O) groups excluding carboxylic acids is 1. The Labute approximate surface area is 170 Å². The zero-order valence-electron chi connectivity index (χ0n) is 15.6. The highest BCUT2D eigenvalue weighted by Gasteiger charge is 2.22. The SMILES string of the molecule is Cc1ccc(-c2cc(C(=O)N(C)C(C)c3nccs3)cc(-n3cnnn3)c2)s1. The molecule has 0 saturated heterocycles. The van der Waals surface area contributed by atoms with E-state index in [-0.39, 0.29) is 11.9 Å². The van der Waals surface area contributed by atoms with Gasteiger partial charge in [0.15, 0.2) is 0 Å². The maximum absolute atomic E-state index is 13.2. The van der Waals surface area contributed by atoms with Gasteiger partial charge in [-0.25, -0.2) is 9.67 Å². The number of carbonyl (C=O) groups is 1. The van der Waals surface area contributed by atoms with Gasteiger partial charge in [-0.05, 0) is 60.2 Å². The summed E-state index contributed by atoms with van der Waals surface area (Å²) in [6.07, 6.45) is 3.28. The van der Waals surface area contributed by atoms with Crippen molar-refractivity contribution in [3.63, 3.8) is 0 Å². The van der Waals surface area contributed by atoms with Crippen LogP contribution in [0, 0.1) is 6.92 Å². The fourth-order valence-corrected chi connectivity index (χ4v) is 4.46. The van der Waals surface area contributed by atoms with Crippen LogP contribution in [0.15, 0.2) is 48.2 Å². The van der Waals surface area contributed by atoms with E-state index in [0.29, 0.717) is 5.56 Å². The van der Waals surface area contributed by atoms with Gasteiger partial charge in [0.1, 0.15) is 11.3 Å². The third kappa shape index (κ3) is 3.58. The number of nitrogens with zero attached hydrogens (tertiary/aromatic N) is 6. The van der Waals surface area contributed by atoms with E-state index in [9.17, 15) is 4.79 Å². The summed E-state index contributed by atoms with van der Waals surface area (Å²) < 4.78 is 1.56. The summed E-state index contributed by atoms with van der Waals surface area (Å²) in [6.45, 7) is 4.04. The molecule has 142 valence electrons. The van der Waals surface area contributed by atoms with E-state index in [4.69, 9.17) is 0 Å². The maximum atomic E-state index is 13.2. The molecule has 0 bridgehead atoms. The summed E-state index contributed by atoms with van der Waals surface area (Å²) in [4.78, 5) is 21.6. The molecule has 3 heterocycles. The average molecular weight is 411 g/mol. The van der Waals surface area contributed by atoms with Gasteiger partial charge in [0.2, 0.25) is 0 Å². The van der Waals surface area contributed by atoms with E-state index < -0.39 is 0 Å². The fraction of sp³-hybridized carbons (Fsp3) is 0.211. The van der Waals surface area contributed by atoms with Gasteiger partial charge in [-0.15, -0.1) is 27.8 Å². The largest absolute Gasteiger partial charge is 0.333 e. The predicted molar refractivity (Wildman–Crippen MR) is 110 cm³/mol. The van der Waals surface area contributed by atoms with E-state index in [1.807, 2.05) is 30.5 Å². The Morgan fingerprint density at radius 3 is 2.75 bits per heavy atom. The molecule has 0 radical (unpaired) electrons. The van der Waals surface area contributed by atoms with Crippen LogP contribution in [0.25, 0.3) is 16.1 Å². The molecule has 9 heteroatoms. The fourth-order valence-electron chi connectivity index (χ4n) is 2.86. The molecule has 3 aromatic heterocycles. The van der Waals surface area contributed by atoms with E-state index in [2.05, 4.69) is 39.6 Å². The van der Waals surface area contributed by atoms with Gasteiger partial charge >= 0.3 is 0 Å². The van der Waals surface area contributed by atoms with Crippen molar-refractivity contribution in [2.75, 3.05) is 7.05 Å². The molecule has 0 fully saturated rings. The summed E-state index contributed by atoms with van der Waals surface area (Å²) in [5.74, 6) is -0.0767.